The average Bonchev–Trinajstić information content (AvgIpc) is 2.39. The Bertz CT molecular complexity index is 410. The van der Waals surface area contributed by atoms with Gasteiger partial charge in [0.2, 0.25) is 0 Å². The average molecular weight is 249 g/mol. The van der Waals surface area contributed by atoms with Crippen molar-refractivity contribution in [1.29, 1.82) is 0 Å². The minimum absolute atomic E-state index is 0.0882. The van der Waals surface area contributed by atoms with Crippen molar-refractivity contribution in [1.82, 2.24) is 14.8 Å². The van der Waals surface area contributed by atoms with Crippen LogP contribution in [0.4, 0.5) is 0 Å². The molecular formula is C14H23N3O. The van der Waals surface area contributed by atoms with Gasteiger partial charge in [-0.25, -0.2) is 0 Å². The van der Waals surface area contributed by atoms with Gasteiger partial charge in [0, 0.05) is 31.9 Å². The van der Waals surface area contributed by atoms with Crippen molar-refractivity contribution in [3.05, 3.63) is 34.7 Å². The molecular weight excluding hydrogens is 226 g/mol. The second kappa shape index (κ2) is 6.71. The zero-order valence-electron chi connectivity index (χ0n) is 11.1. The SMILES string of the molecule is CN(CCn1ccccc1=O)CC1CCCNC1. The molecule has 1 atom stereocenters. The molecule has 1 aromatic heterocycles. The fourth-order valence-corrected chi connectivity index (χ4v) is 2.54. The van der Waals surface area contributed by atoms with Crippen molar-refractivity contribution in [2.24, 2.45) is 5.92 Å². The van der Waals surface area contributed by atoms with Crippen LogP contribution in [-0.2, 0) is 6.54 Å². The molecule has 2 rings (SSSR count). The third-order valence-electron chi connectivity index (χ3n) is 3.59. The predicted octanol–water partition coefficient (Wildman–Crippen LogP) is 0.780. The van der Waals surface area contributed by atoms with Gasteiger partial charge in [0.05, 0.1) is 0 Å². The van der Waals surface area contributed by atoms with Crippen LogP contribution in [0.25, 0.3) is 0 Å². The third kappa shape index (κ3) is 3.96. The fourth-order valence-electron chi connectivity index (χ4n) is 2.54. The summed E-state index contributed by atoms with van der Waals surface area (Å²) in [6.07, 6.45) is 4.47. The van der Waals surface area contributed by atoms with Crippen LogP contribution >= 0.6 is 0 Å². The van der Waals surface area contributed by atoms with Gasteiger partial charge < -0.3 is 14.8 Å². The molecule has 1 unspecified atom stereocenters. The number of aromatic nitrogens is 1. The summed E-state index contributed by atoms with van der Waals surface area (Å²) in [5.74, 6) is 0.760. The standard InChI is InChI=1S/C14H23N3O/c1-16(12-13-5-4-7-15-11-13)9-10-17-8-3-2-6-14(17)18/h2-3,6,8,13,15H,4-5,7,9-12H2,1H3. The maximum Gasteiger partial charge on any atom is 0.250 e. The van der Waals surface area contributed by atoms with Gasteiger partial charge in [-0.1, -0.05) is 6.07 Å². The van der Waals surface area contributed by atoms with Gasteiger partial charge in [-0.05, 0) is 45.0 Å². The summed E-state index contributed by atoms with van der Waals surface area (Å²) < 4.78 is 1.77. The first-order valence-corrected chi connectivity index (χ1v) is 6.80. The van der Waals surface area contributed by atoms with Gasteiger partial charge in [0.1, 0.15) is 0 Å². The van der Waals surface area contributed by atoms with Crippen molar-refractivity contribution in [3.63, 3.8) is 0 Å². The highest BCUT2D eigenvalue weighted by molar-refractivity contribution is 4.93. The van der Waals surface area contributed by atoms with E-state index in [4.69, 9.17) is 0 Å². The van der Waals surface area contributed by atoms with Gasteiger partial charge in [-0.2, -0.15) is 0 Å². The lowest BCUT2D eigenvalue weighted by Crippen LogP contribution is -2.38. The Balaban J connectivity index is 1.76. The Morgan fingerprint density at radius 3 is 3.11 bits per heavy atom. The Morgan fingerprint density at radius 2 is 2.39 bits per heavy atom. The van der Waals surface area contributed by atoms with Gasteiger partial charge in [0.25, 0.3) is 5.56 Å². The molecule has 4 nitrogen and oxygen atoms in total. The maximum atomic E-state index is 11.6. The molecule has 0 saturated carbocycles. The van der Waals surface area contributed by atoms with Gasteiger partial charge in [0.15, 0.2) is 0 Å². The van der Waals surface area contributed by atoms with E-state index in [0.29, 0.717) is 0 Å². The second-order valence-corrected chi connectivity index (χ2v) is 5.21. The van der Waals surface area contributed by atoms with E-state index in [-0.39, 0.29) is 5.56 Å². The van der Waals surface area contributed by atoms with E-state index in [1.807, 2.05) is 12.3 Å². The molecule has 4 heteroatoms. The van der Waals surface area contributed by atoms with Crippen LogP contribution in [-0.4, -0.2) is 42.7 Å². The molecule has 0 radical (unpaired) electrons. The van der Waals surface area contributed by atoms with Crippen LogP contribution in [0.2, 0.25) is 0 Å². The van der Waals surface area contributed by atoms with Crippen molar-refractivity contribution in [2.75, 3.05) is 33.2 Å². The first-order chi connectivity index (χ1) is 8.75. The smallest absolute Gasteiger partial charge is 0.250 e. The number of nitrogens with one attached hydrogen (secondary N) is 1. The molecule has 1 aliphatic heterocycles. The Labute approximate surface area is 109 Å². The summed E-state index contributed by atoms with van der Waals surface area (Å²) in [7, 11) is 2.14. The van der Waals surface area contributed by atoms with Gasteiger partial charge in [-0.15, -0.1) is 0 Å². The molecule has 1 fully saturated rings. The van der Waals surface area contributed by atoms with Crippen LogP contribution in [0, 0.1) is 5.92 Å². The van der Waals surface area contributed by atoms with Crippen LogP contribution in [0.1, 0.15) is 12.8 Å². The van der Waals surface area contributed by atoms with E-state index >= 15 is 0 Å². The molecule has 1 saturated heterocycles. The highest BCUT2D eigenvalue weighted by atomic mass is 16.1. The molecule has 0 aliphatic carbocycles. The Morgan fingerprint density at radius 1 is 1.50 bits per heavy atom. The highest BCUT2D eigenvalue weighted by Gasteiger charge is 2.14. The molecule has 1 aliphatic rings. The zero-order chi connectivity index (χ0) is 12.8. The number of pyridine rings is 1. The second-order valence-electron chi connectivity index (χ2n) is 5.21. The molecule has 100 valence electrons. The van der Waals surface area contributed by atoms with E-state index in [1.54, 1.807) is 16.7 Å². The number of piperidine rings is 1. The lowest BCUT2D eigenvalue weighted by atomic mass is 9.99. The first kappa shape index (κ1) is 13.3. The molecule has 0 bridgehead atoms. The predicted molar refractivity (Wildman–Crippen MR) is 73.8 cm³/mol. The molecule has 1 N–H and O–H groups in total. The van der Waals surface area contributed by atoms with E-state index in [2.05, 4.69) is 17.3 Å². The first-order valence-electron chi connectivity index (χ1n) is 6.80. The fraction of sp³-hybridized carbons (Fsp3) is 0.643. The molecule has 0 spiro atoms. The molecule has 0 amide bonds. The monoisotopic (exact) mass is 249 g/mol. The lowest BCUT2D eigenvalue weighted by molar-refractivity contribution is 0.236. The number of hydrogen-bond donors (Lipinski definition) is 1. The lowest BCUT2D eigenvalue weighted by Gasteiger charge is -2.27. The van der Waals surface area contributed by atoms with Crippen LogP contribution < -0.4 is 10.9 Å². The maximum absolute atomic E-state index is 11.6. The largest absolute Gasteiger partial charge is 0.316 e. The van der Waals surface area contributed by atoms with Crippen LogP contribution in [0.3, 0.4) is 0 Å². The summed E-state index contributed by atoms with van der Waals surface area (Å²) in [5.41, 5.74) is 0.0882. The summed E-state index contributed by atoms with van der Waals surface area (Å²) in [4.78, 5) is 13.9. The van der Waals surface area contributed by atoms with E-state index in [9.17, 15) is 4.79 Å². The van der Waals surface area contributed by atoms with Crippen LogP contribution in [0.5, 0.6) is 0 Å². The topological polar surface area (TPSA) is 37.3 Å². The summed E-state index contributed by atoms with van der Waals surface area (Å²) in [5, 5.41) is 3.44. The number of nitrogens with zero attached hydrogens (tertiary/aromatic N) is 2. The van der Waals surface area contributed by atoms with Gasteiger partial charge >= 0.3 is 0 Å². The number of hydrogen-bond acceptors (Lipinski definition) is 3. The summed E-state index contributed by atoms with van der Waals surface area (Å²) in [6, 6.07) is 5.31. The summed E-state index contributed by atoms with van der Waals surface area (Å²) >= 11 is 0. The minimum Gasteiger partial charge on any atom is -0.316 e. The number of likely N-dealkylation sites (N-methyl/N-ethyl adjacent to an activating group) is 1. The van der Waals surface area contributed by atoms with Crippen molar-refractivity contribution in [3.8, 4) is 0 Å². The van der Waals surface area contributed by atoms with Gasteiger partial charge in [-0.3, -0.25) is 4.79 Å². The van der Waals surface area contributed by atoms with Crippen LogP contribution in [0.15, 0.2) is 29.2 Å². The number of rotatable bonds is 5. The van der Waals surface area contributed by atoms with E-state index in [0.717, 1.165) is 32.1 Å². The van der Waals surface area contributed by atoms with Crippen molar-refractivity contribution < 1.29 is 0 Å². The quantitative estimate of drug-likeness (QED) is 0.838. The van der Waals surface area contributed by atoms with Crippen molar-refractivity contribution >= 4 is 0 Å². The molecule has 18 heavy (non-hydrogen) atoms. The molecule has 1 aromatic rings. The zero-order valence-corrected chi connectivity index (χ0v) is 11.1. The highest BCUT2D eigenvalue weighted by Crippen LogP contribution is 2.10. The molecule has 0 aromatic carbocycles. The Kier molecular flexibility index (Phi) is 4.96. The van der Waals surface area contributed by atoms with Crippen molar-refractivity contribution in [2.45, 2.75) is 19.4 Å². The van der Waals surface area contributed by atoms with E-state index in [1.165, 1.54) is 19.4 Å². The summed E-state index contributed by atoms with van der Waals surface area (Å²) in [6.45, 7) is 5.13. The minimum atomic E-state index is 0.0882. The van der Waals surface area contributed by atoms with E-state index < -0.39 is 0 Å². The Hall–Kier alpha value is -1.13. The normalized spacial score (nSPS) is 20.2. The third-order valence-corrected chi connectivity index (χ3v) is 3.59. The molecule has 2 heterocycles.